The van der Waals surface area contributed by atoms with Crippen LogP contribution in [0.15, 0.2) is 38.7 Å². The Labute approximate surface area is 152 Å². The fourth-order valence-electron chi connectivity index (χ4n) is 3.42. The molecule has 3 heterocycles. The molecule has 26 heavy (non-hydrogen) atoms. The molecule has 6 nitrogen and oxygen atoms in total. The minimum Gasteiger partial charge on any atom is -0.442 e. The summed E-state index contributed by atoms with van der Waals surface area (Å²) >= 11 is 0. The van der Waals surface area contributed by atoms with Gasteiger partial charge in [0, 0.05) is 12.2 Å². The minimum absolute atomic E-state index is 0.194. The van der Waals surface area contributed by atoms with Gasteiger partial charge < -0.3 is 14.6 Å². The number of fused-ring (bicyclic) bond motifs is 3. The second kappa shape index (κ2) is 6.44. The predicted octanol–water partition coefficient (Wildman–Crippen LogP) is 3.92. The molecule has 0 bridgehead atoms. The lowest BCUT2D eigenvalue weighted by molar-refractivity contribution is 0.102. The van der Waals surface area contributed by atoms with E-state index in [1.54, 1.807) is 13.3 Å². The third-order valence-corrected chi connectivity index (χ3v) is 4.88. The van der Waals surface area contributed by atoms with E-state index in [0.717, 1.165) is 30.9 Å². The molecule has 2 aliphatic rings. The molecule has 4 rings (SSSR count). The van der Waals surface area contributed by atoms with Crippen LogP contribution in [-0.2, 0) is 6.42 Å². The Morgan fingerprint density at radius 2 is 2.23 bits per heavy atom. The van der Waals surface area contributed by atoms with Crippen molar-refractivity contribution in [1.82, 2.24) is 4.90 Å². The zero-order valence-electron chi connectivity index (χ0n) is 15.2. The van der Waals surface area contributed by atoms with Gasteiger partial charge in [-0.15, -0.1) is 0 Å². The van der Waals surface area contributed by atoms with Crippen molar-refractivity contribution in [3.05, 3.63) is 46.7 Å². The van der Waals surface area contributed by atoms with Gasteiger partial charge >= 0.3 is 0 Å². The van der Waals surface area contributed by atoms with Gasteiger partial charge in [0.05, 0.1) is 17.2 Å². The quantitative estimate of drug-likeness (QED) is 0.908. The van der Waals surface area contributed by atoms with Gasteiger partial charge in [-0.2, -0.15) is 0 Å². The van der Waals surface area contributed by atoms with Crippen molar-refractivity contribution in [3.63, 3.8) is 0 Å². The molecule has 1 aromatic carbocycles. The fraction of sp³-hybridized carbons (Fsp3) is 0.350. The van der Waals surface area contributed by atoms with Crippen molar-refractivity contribution in [3.8, 4) is 0 Å². The summed E-state index contributed by atoms with van der Waals surface area (Å²) in [7, 11) is 0. The Bertz CT molecular complexity index is 926. The summed E-state index contributed by atoms with van der Waals surface area (Å²) in [6, 6.07) is 8.10. The highest BCUT2D eigenvalue weighted by molar-refractivity contribution is 6.19. The maximum atomic E-state index is 13.0. The van der Waals surface area contributed by atoms with Crippen LogP contribution in [0.3, 0.4) is 0 Å². The van der Waals surface area contributed by atoms with Crippen molar-refractivity contribution in [1.29, 1.82) is 0 Å². The molecule has 0 saturated carbocycles. The first-order valence-corrected chi connectivity index (χ1v) is 9.03. The van der Waals surface area contributed by atoms with E-state index in [4.69, 9.17) is 9.41 Å². The predicted molar refractivity (Wildman–Crippen MR) is 103 cm³/mol. The largest absolute Gasteiger partial charge is 0.442 e. The van der Waals surface area contributed by atoms with Gasteiger partial charge in [0.1, 0.15) is 17.9 Å². The van der Waals surface area contributed by atoms with Crippen LogP contribution in [0, 0.1) is 6.92 Å². The molecule has 0 saturated heterocycles. The van der Waals surface area contributed by atoms with Crippen LogP contribution in [-0.4, -0.2) is 35.6 Å². The number of amides is 1. The summed E-state index contributed by atoms with van der Waals surface area (Å²) in [6.45, 7) is 6.79. The Hall–Kier alpha value is -2.89. The van der Waals surface area contributed by atoms with E-state index in [1.165, 1.54) is 5.56 Å². The Morgan fingerprint density at radius 1 is 1.38 bits per heavy atom. The number of aryl methyl sites for hydroxylation is 2. The van der Waals surface area contributed by atoms with Gasteiger partial charge in [0.2, 0.25) is 5.88 Å². The van der Waals surface area contributed by atoms with E-state index in [1.807, 2.05) is 29.2 Å². The van der Waals surface area contributed by atoms with Gasteiger partial charge in [-0.05, 0) is 37.5 Å². The van der Waals surface area contributed by atoms with Crippen molar-refractivity contribution in [2.75, 3.05) is 11.9 Å². The first-order valence-electron chi connectivity index (χ1n) is 9.03. The molecule has 0 radical (unpaired) electrons. The molecule has 1 aromatic heterocycles. The normalized spacial score (nSPS) is 17.7. The van der Waals surface area contributed by atoms with Gasteiger partial charge in [0.25, 0.3) is 5.91 Å². The lowest BCUT2D eigenvalue weighted by atomic mass is 10.1. The summed E-state index contributed by atoms with van der Waals surface area (Å²) in [5, 5.41) is 2.99. The van der Waals surface area contributed by atoms with Crippen LogP contribution in [0.2, 0.25) is 0 Å². The van der Waals surface area contributed by atoms with Crippen LogP contribution in [0.5, 0.6) is 0 Å². The number of hydrogen-bond donors (Lipinski definition) is 1. The summed E-state index contributed by atoms with van der Waals surface area (Å²) < 4.78 is 5.75. The standard InChI is InChI=1S/C20H22N4O2/c1-4-13-7-6-8-15(9-13)23-19(25)16-12(3)26-20-17(16)18-22-14(5-2)10-24(18)11-21-20/h6-9,11,14H,4-5,10H2,1-3H3,(H,23,25). The molecule has 1 amide bonds. The van der Waals surface area contributed by atoms with Crippen molar-refractivity contribution >= 4 is 29.7 Å². The number of aliphatic imine (C=N–C) groups is 2. The number of nitrogens with zero attached hydrogens (tertiary/aromatic N) is 3. The SMILES string of the molecule is CCc1cccc(NC(=O)c2c(C)oc3c2C2=NC(CC)CN2C=N3)c1. The molecular weight excluding hydrogens is 328 g/mol. The molecule has 1 unspecified atom stereocenters. The maximum Gasteiger partial charge on any atom is 0.260 e. The lowest BCUT2D eigenvalue weighted by Gasteiger charge is -2.18. The summed E-state index contributed by atoms with van der Waals surface area (Å²) in [4.78, 5) is 24.2. The molecule has 1 N–H and O–H groups in total. The van der Waals surface area contributed by atoms with Gasteiger partial charge in [0.15, 0.2) is 0 Å². The molecule has 0 aliphatic carbocycles. The zero-order valence-corrected chi connectivity index (χ0v) is 15.2. The molecule has 0 fully saturated rings. The number of carbonyl (C=O) groups excluding carboxylic acids is 1. The van der Waals surface area contributed by atoms with Gasteiger partial charge in [-0.1, -0.05) is 26.0 Å². The number of nitrogens with one attached hydrogen (secondary N) is 1. The van der Waals surface area contributed by atoms with Crippen molar-refractivity contribution < 1.29 is 9.21 Å². The number of benzene rings is 1. The van der Waals surface area contributed by atoms with E-state index >= 15 is 0 Å². The minimum atomic E-state index is -0.194. The first-order chi connectivity index (χ1) is 12.6. The van der Waals surface area contributed by atoms with Gasteiger partial charge in [-0.25, -0.2) is 4.99 Å². The van der Waals surface area contributed by atoms with E-state index < -0.39 is 0 Å². The number of hydrogen-bond acceptors (Lipinski definition) is 5. The molecule has 0 spiro atoms. The van der Waals surface area contributed by atoms with Crippen LogP contribution >= 0.6 is 0 Å². The maximum absolute atomic E-state index is 13.0. The molecule has 1 atom stereocenters. The number of furan rings is 1. The molecule has 2 aliphatic heterocycles. The average molecular weight is 350 g/mol. The monoisotopic (exact) mass is 350 g/mol. The summed E-state index contributed by atoms with van der Waals surface area (Å²) in [5.74, 6) is 1.61. The highest BCUT2D eigenvalue weighted by Gasteiger charge is 2.35. The molecule has 6 heteroatoms. The van der Waals surface area contributed by atoms with Crippen LogP contribution in [0.25, 0.3) is 0 Å². The molecular formula is C20H22N4O2. The first kappa shape index (κ1) is 16.6. The number of anilines is 1. The Balaban J connectivity index is 1.71. The second-order valence-electron chi connectivity index (χ2n) is 6.63. The summed E-state index contributed by atoms with van der Waals surface area (Å²) in [6.07, 6.45) is 3.61. The van der Waals surface area contributed by atoms with Gasteiger partial charge in [-0.3, -0.25) is 9.79 Å². The van der Waals surface area contributed by atoms with Crippen LogP contribution < -0.4 is 5.32 Å². The summed E-state index contributed by atoms with van der Waals surface area (Å²) in [5.41, 5.74) is 3.17. The lowest BCUT2D eigenvalue weighted by Crippen LogP contribution is -2.31. The molecule has 134 valence electrons. The van der Waals surface area contributed by atoms with Crippen molar-refractivity contribution in [2.24, 2.45) is 9.98 Å². The van der Waals surface area contributed by atoms with E-state index in [0.29, 0.717) is 22.8 Å². The zero-order chi connectivity index (χ0) is 18.3. The van der Waals surface area contributed by atoms with Crippen LogP contribution in [0.1, 0.15) is 47.5 Å². The Kier molecular flexibility index (Phi) is 4.11. The Morgan fingerprint density at radius 3 is 3.00 bits per heavy atom. The smallest absolute Gasteiger partial charge is 0.260 e. The third kappa shape index (κ3) is 2.71. The number of carbonyl (C=O) groups is 1. The average Bonchev–Trinajstić information content (AvgIpc) is 3.21. The van der Waals surface area contributed by atoms with E-state index in [9.17, 15) is 4.79 Å². The van der Waals surface area contributed by atoms with E-state index in [-0.39, 0.29) is 11.9 Å². The van der Waals surface area contributed by atoms with Crippen molar-refractivity contribution in [2.45, 2.75) is 39.7 Å². The highest BCUT2D eigenvalue weighted by Crippen LogP contribution is 2.35. The third-order valence-electron chi connectivity index (χ3n) is 4.88. The fourth-order valence-corrected chi connectivity index (χ4v) is 3.42. The second-order valence-corrected chi connectivity index (χ2v) is 6.63. The highest BCUT2D eigenvalue weighted by atomic mass is 16.4. The topological polar surface area (TPSA) is 70.2 Å². The van der Waals surface area contributed by atoms with Crippen LogP contribution in [0.4, 0.5) is 11.6 Å². The number of rotatable bonds is 4. The van der Waals surface area contributed by atoms with E-state index in [2.05, 4.69) is 24.2 Å². The molecule has 2 aromatic rings. The number of amidine groups is 1.